The third kappa shape index (κ3) is 4.31. The molecule has 0 aliphatic heterocycles. The number of hydrogen-bond donors (Lipinski definition) is 2. The van der Waals surface area contributed by atoms with Crippen LogP contribution in [0.2, 0.25) is 10.0 Å². The number of carbonyl (C=O) groups is 1. The average molecular weight is 387 g/mol. The topological polar surface area (TPSA) is 66.9 Å². The van der Waals surface area contributed by atoms with Crippen LogP contribution in [0.3, 0.4) is 0 Å². The lowest BCUT2D eigenvalue weighted by molar-refractivity contribution is 0.102. The lowest BCUT2D eigenvalue weighted by Crippen LogP contribution is -2.13. The van der Waals surface area contributed by atoms with E-state index in [2.05, 4.69) is 27.5 Å². The van der Waals surface area contributed by atoms with Gasteiger partial charge in [-0.25, -0.2) is 9.97 Å². The third-order valence-electron chi connectivity index (χ3n) is 3.73. The highest BCUT2D eigenvalue weighted by Crippen LogP contribution is 2.30. The summed E-state index contributed by atoms with van der Waals surface area (Å²) in [6.45, 7) is 2.10. The molecule has 5 nitrogen and oxygen atoms in total. The highest BCUT2D eigenvalue weighted by molar-refractivity contribution is 6.40. The van der Waals surface area contributed by atoms with Gasteiger partial charge in [0, 0.05) is 18.1 Å². The molecule has 0 atom stereocenters. The van der Waals surface area contributed by atoms with Crippen LogP contribution in [0.4, 0.5) is 17.3 Å². The van der Waals surface area contributed by atoms with Crippen molar-refractivity contribution < 1.29 is 4.79 Å². The van der Waals surface area contributed by atoms with Gasteiger partial charge in [-0.3, -0.25) is 4.79 Å². The van der Waals surface area contributed by atoms with Crippen molar-refractivity contribution in [2.45, 2.75) is 13.3 Å². The lowest BCUT2D eigenvalue weighted by atomic mass is 10.1. The van der Waals surface area contributed by atoms with Crippen LogP contribution in [0, 0.1) is 0 Å². The molecule has 0 saturated carbocycles. The summed E-state index contributed by atoms with van der Waals surface area (Å²) in [7, 11) is 0. The molecule has 0 aliphatic rings. The molecule has 1 heterocycles. The molecule has 0 fully saturated rings. The number of anilines is 3. The molecular formula is C19H16Cl2N4O. The molecule has 0 aliphatic carbocycles. The van der Waals surface area contributed by atoms with Crippen LogP contribution < -0.4 is 10.6 Å². The maximum atomic E-state index is 12.3. The number of nitrogens with one attached hydrogen (secondary N) is 2. The first-order chi connectivity index (χ1) is 12.6. The Labute approximate surface area is 161 Å². The minimum atomic E-state index is -0.390. The Morgan fingerprint density at radius 3 is 2.19 bits per heavy atom. The van der Waals surface area contributed by atoms with Crippen molar-refractivity contribution in [1.29, 1.82) is 0 Å². The molecule has 3 rings (SSSR count). The molecule has 0 spiro atoms. The van der Waals surface area contributed by atoms with Gasteiger partial charge in [0.1, 0.15) is 0 Å². The number of nitrogens with zero attached hydrogens (tertiary/aromatic N) is 2. The Morgan fingerprint density at radius 1 is 1.00 bits per heavy atom. The van der Waals surface area contributed by atoms with E-state index in [1.807, 2.05) is 24.3 Å². The molecule has 26 heavy (non-hydrogen) atoms. The van der Waals surface area contributed by atoms with Gasteiger partial charge < -0.3 is 10.6 Å². The Balaban J connectivity index is 1.69. The molecular weight excluding hydrogens is 371 g/mol. The van der Waals surface area contributed by atoms with Crippen LogP contribution in [0.5, 0.6) is 0 Å². The zero-order chi connectivity index (χ0) is 18.5. The van der Waals surface area contributed by atoms with Crippen molar-refractivity contribution in [1.82, 2.24) is 9.97 Å². The summed E-state index contributed by atoms with van der Waals surface area (Å²) in [6.07, 6.45) is 3.86. The summed E-state index contributed by atoms with van der Waals surface area (Å²) in [5.41, 5.74) is 2.79. The summed E-state index contributed by atoms with van der Waals surface area (Å²) in [4.78, 5) is 20.7. The molecule has 0 radical (unpaired) electrons. The van der Waals surface area contributed by atoms with Crippen molar-refractivity contribution >= 4 is 46.4 Å². The number of halogens is 2. The average Bonchev–Trinajstić information content (AvgIpc) is 2.66. The normalized spacial score (nSPS) is 10.4. The summed E-state index contributed by atoms with van der Waals surface area (Å²) in [6, 6.07) is 13.0. The second kappa shape index (κ2) is 8.17. The van der Waals surface area contributed by atoms with Gasteiger partial charge in [-0.05, 0) is 36.2 Å². The molecule has 1 aromatic heterocycles. The SMILES string of the molecule is CCc1ccc(Nc2ncc(C(=O)Nc3c(Cl)cccc3Cl)cn2)cc1. The van der Waals surface area contributed by atoms with Gasteiger partial charge in [-0.15, -0.1) is 0 Å². The van der Waals surface area contributed by atoms with Gasteiger partial charge in [0.05, 0.1) is 21.3 Å². The van der Waals surface area contributed by atoms with Gasteiger partial charge in [-0.2, -0.15) is 0 Å². The number of benzene rings is 2. The van der Waals surface area contributed by atoms with E-state index in [4.69, 9.17) is 23.2 Å². The van der Waals surface area contributed by atoms with Crippen molar-refractivity contribution in [2.75, 3.05) is 10.6 Å². The minimum Gasteiger partial charge on any atom is -0.324 e. The van der Waals surface area contributed by atoms with Crippen LogP contribution in [-0.2, 0) is 6.42 Å². The number of rotatable bonds is 5. The second-order valence-corrected chi connectivity index (χ2v) is 6.34. The van der Waals surface area contributed by atoms with E-state index >= 15 is 0 Å². The summed E-state index contributed by atoms with van der Waals surface area (Å²) < 4.78 is 0. The number of para-hydroxylation sites is 1. The van der Waals surface area contributed by atoms with E-state index in [-0.39, 0.29) is 5.91 Å². The molecule has 2 aromatic carbocycles. The smallest absolute Gasteiger partial charge is 0.258 e. The van der Waals surface area contributed by atoms with Gasteiger partial charge in [-0.1, -0.05) is 48.3 Å². The fourth-order valence-electron chi connectivity index (χ4n) is 2.27. The Kier molecular flexibility index (Phi) is 5.71. The molecule has 132 valence electrons. The van der Waals surface area contributed by atoms with Crippen LogP contribution >= 0.6 is 23.2 Å². The number of aromatic nitrogens is 2. The van der Waals surface area contributed by atoms with Crippen molar-refractivity contribution in [3.8, 4) is 0 Å². The van der Waals surface area contributed by atoms with Crippen LogP contribution in [-0.4, -0.2) is 15.9 Å². The first-order valence-corrected chi connectivity index (χ1v) is 8.76. The van der Waals surface area contributed by atoms with Gasteiger partial charge in [0.2, 0.25) is 5.95 Å². The summed E-state index contributed by atoms with van der Waals surface area (Å²) in [5, 5.41) is 6.49. The monoisotopic (exact) mass is 386 g/mol. The first-order valence-electron chi connectivity index (χ1n) is 8.00. The molecule has 0 saturated heterocycles. The molecule has 0 unspecified atom stereocenters. The molecule has 0 bridgehead atoms. The van der Waals surface area contributed by atoms with Gasteiger partial charge in [0.25, 0.3) is 5.91 Å². The third-order valence-corrected chi connectivity index (χ3v) is 4.36. The van der Waals surface area contributed by atoms with E-state index in [0.717, 1.165) is 12.1 Å². The molecule has 2 N–H and O–H groups in total. The Bertz CT molecular complexity index is 892. The molecule has 1 amide bonds. The molecule has 3 aromatic rings. The maximum absolute atomic E-state index is 12.3. The predicted molar refractivity (Wildman–Crippen MR) is 106 cm³/mol. The van der Waals surface area contributed by atoms with Crippen LogP contribution in [0.1, 0.15) is 22.8 Å². The van der Waals surface area contributed by atoms with Crippen molar-refractivity contribution in [3.63, 3.8) is 0 Å². The molecule has 7 heteroatoms. The zero-order valence-electron chi connectivity index (χ0n) is 14.0. The maximum Gasteiger partial charge on any atom is 0.258 e. The quantitative estimate of drug-likeness (QED) is 0.620. The highest BCUT2D eigenvalue weighted by atomic mass is 35.5. The predicted octanol–water partition coefficient (Wildman–Crippen LogP) is 5.34. The van der Waals surface area contributed by atoms with Crippen molar-refractivity contribution in [2.24, 2.45) is 0 Å². The zero-order valence-corrected chi connectivity index (χ0v) is 15.5. The number of amides is 1. The Hall–Kier alpha value is -2.63. The lowest BCUT2D eigenvalue weighted by Gasteiger charge is -2.09. The van der Waals surface area contributed by atoms with E-state index in [1.54, 1.807) is 18.2 Å². The fraction of sp³-hybridized carbons (Fsp3) is 0.105. The largest absolute Gasteiger partial charge is 0.324 e. The highest BCUT2D eigenvalue weighted by Gasteiger charge is 2.12. The van der Waals surface area contributed by atoms with Gasteiger partial charge >= 0.3 is 0 Å². The number of aryl methyl sites for hydroxylation is 1. The van der Waals surface area contributed by atoms with Crippen molar-refractivity contribution in [3.05, 3.63) is 76.0 Å². The van der Waals surface area contributed by atoms with E-state index in [9.17, 15) is 4.79 Å². The standard InChI is InChI=1S/C19H16Cl2N4O/c1-2-12-6-8-14(9-7-12)24-19-22-10-13(11-23-19)18(26)25-17-15(20)4-3-5-16(17)21/h3-11H,2H2,1H3,(H,25,26)(H,22,23,24). The summed E-state index contributed by atoms with van der Waals surface area (Å²) >= 11 is 12.1. The van der Waals surface area contributed by atoms with E-state index in [1.165, 1.54) is 18.0 Å². The number of hydrogen-bond acceptors (Lipinski definition) is 4. The van der Waals surface area contributed by atoms with Gasteiger partial charge in [0.15, 0.2) is 0 Å². The summed E-state index contributed by atoms with van der Waals surface area (Å²) in [5.74, 6) is 0.0143. The Morgan fingerprint density at radius 2 is 1.62 bits per heavy atom. The van der Waals surface area contributed by atoms with E-state index < -0.39 is 0 Å². The fourth-order valence-corrected chi connectivity index (χ4v) is 2.76. The van der Waals surface area contributed by atoms with Crippen LogP contribution in [0.25, 0.3) is 0 Å². The second-order valence-electron chi connectivity index (χ2n) is 5.52. The van der Waals surface area contributed by atoms with Crippen LogP contribution in [0.15, 0.2) is 54.9 Å². The van der Waals surface area contributed by atoms with E-state index in [0.29, 0.717) is 27.2 Å². The number of carbonyl (C=O) groups excluding carboxylic acids is 1. The minimum absolute atomic E-state index is 0.299. The first kappa shape index (κ1) is 18.2.